The van der Waals surface area contributed by atoms with Crippen LogP contribution < -0.4 is 4.74 Å². The molecule has 19 heavy (non-hydrogen) atoms. The van der Waals surface area contributed by atoms with Crippen molar-refractivity contribution >= 4 is 5.97 Å². The van der Waals surface area contributed by atoms with E-state index in [2.05, 4.69) is 10.1 Å². The van der Waals surface area contributed by atoms with E-state index in [9.17, 15) is 4.79 Å². The van der Waals surface area contributed by atoms with Crippen LogP contribution in [0.4, 0.5) is 0 Å². The van der Waals surface area contributed by atoms with Gasteiger partial charge >= 0.3 is 5.97 Å². The fourth-order valence-corrected chi connectivity index (χ4v) is 1.64. The summed E-state index contributed by atoms with van der Waals surface area (Å²) in [7, 11) is 0. The SMILES string of the molecule is CCOc1cccc(-c2ncn(CCC(=O)O)n2)c1. The van der Waals surface area contributed by atoms with Crippen LogP contribution >= 0.6 is 0 Å². The number of nitrogens with zero attached hydrogens (tertiary/aromatic N) is 3. The number of rotatable bonds is 6. The quantitative estimate of drug-likeness (QED) is 0.858. The molecule has 0 saturated carbocycles. The molecule has 1 heterocycles. The maximum absolute atomic E-state index is 10.5. The van der Waals surface area contributed by atoms with E-state index in [4.69, 9.17) is 9.84 Å². The molecule has 0 radical (unpaired) electrons. The summed E-state index contributed by atoms with van der Waals surface area (Å²) in [6.45, 7) is 2.84. The van der Waals surface area contributed by atoms with E-state index in [0.717, 1.165) is 11.3 Å². The zero-order chi connectivity index (χ0) is 13.7. The molecule has 2 aromatic rings. The van der Waals surface area contributed by atoms with E-state index in [0.29, 0.717) is 19.0 Å². The number of carboxylic acids is 1. The largest absolute Gasteiger partial charge is 0.494 e. The first-order chi connectivity index (χ1) is 9.19. The summed E-state index contributed by atoms with van der Waals surface area (Å²) in [4.78, 5) is 14.7. The third-order valence-electron chi connectivity index (χ3n) is 2.49. The number of hydrogen-bond acceptors (Lipinski definition) is 4. The van der Waals surface area contributed by atoms with Gasteiger partial charge in [0, 0.05) is 5.56 Å². The minimum Gasteiger partial charge on any atom is -0.494 e. The Morgan fingerprint density at radius 2 is 2.32 bits per heavy atom. The van der Waals surface area contributed by atoms with Gasteiger partial charge in [-0.15, -0.1) is 0 Å². The smallest absolute Gasteiger partial charge is 0.305 e. The van der Waals surface area contributed by atoms with Crippen molar-refractivity contribution in [3.63, 3.8) is 0 Å². The highest BCUT2D eigenvalue weighted by Crippen LogP contribution is 2.20. The molecule has 1 aromatic heterocycles. The lowest BCUT2D eigenvalue weighted by Gasteiger charge is -2.03. The Morgan fingerprint density at radius 1 is 1.47 bits per heavy atom. The molecule has 0 bridgehead atoms. The average molecular weight is 261 g/mol. The molecule has 0 saturated heterocycles. The second-order valence-electron chi connectivity index (χ2n) is 3.94. The minimum atomic E-state index is -0.851. The predicted molar refractivity (Wildman–Crippen MR) is 68.9 cm³/mol. The topological polar surface area (TPSA) is 77.2 Å². The molecule has 2 rings (SSSR count). The van der Waals surface area contributed by atoms with Gasteiger partial charge in [0.15, 0.2) is 5.82 Å². The third-order valence-corrected chi connectivity index (χ3v) is 2.49. The van der Waals surface area contributed by atoms with Gasteiger partial charge in [-0.25, -0.2) is 4.98 Å². The summed E-state index contributed by atoms with van der Waals surface area (Å²) >= 11 is 0. The molecular formula is C13H15N3O3. The summed E-state index contributed by atoms with van der Waals surface area (Å²) < 4.78 is 6.94. The van der Waals surface area contributed by atoms with Gasteiger partial charge in [0.25, 0.3) is 0 Å². The van der Waals surface area contributed by atoms with Crippen molar-refractivity contribution in [3.8, 4) is 17.1 Å². The zero-order valence-corrected chi connectivity index (χ0v) is 10.6. The third kappa shape index (κ3) is 3.54. The lowest BCUT2D eigenvalue weighted by Crippen LogP contribution is -2.04. The molecule has 0 spiro atoms. The van der Waals surface area contributed by atoms with Gasteiger partial charge in [0.05, 0.1) is 19.6 Å². The first kappa shape index (κ1) is 13.1. The van der Waals surface area contributed by atoms with E-state index < -0.39 is 5.97 Å². The maximum Gasteiger partial charge on any atom is 0.305 e. The van der Waals surface area contributed by atoms with Gasteiger partial charge in [-0.1, -0.05) is 12.1 Å². The highest BCUT2D eigenvalue weighted by atomic mass is 16.5. The van der Waals surface area contributed by atoms with Gasteiger partial charge in [0.2, 0.25) is 0 Å². The van der Waals surface area contributed by atoms with Crippen molar-refractivity contribution in [2.45, 2.75) is 19.9 Å². The number of ether oxygens (including phenoxy) is 1. The van der Waals surface area contributed by atoms with Crippen molar-refractivity contribution in [3.05, 3.63) is 30.6 Å². The van der Waals surface area contributed by atoms with Crippen LogP contribution in [0, 0.1) is 0 Å². The lowest BCUT2D eigenvalue weighted by molar-refractivity contribution is -0.137. The molecule has 1 aromatic carbocycles. The first-order valence-corrected chi connectivity index (χ1v) is 6.03. The molecule has 0 aliphatic heterocycles. The molecule has 0 atom stereocenters. The molecule has 100 valence electrons. The summed E-state index contributed by atoms with van der Waals surface area (Å²) in [5.41, 5.74) is 0.847. The fourth-order valence-electron chi connectivity index (χ4n) is 1.64. The number of aromatic nitrogens is 3. The average Bonchev–Trinajstić information content (AvgIpc) is 2.86. The highest BCUT2D eigenvalue weighted by Gasteiger charge is 2.06. The number of benzene rings is 1. The molecular weight excluding hydrogens is 246 g/mol. The maximum atomic E-state index is 10.5. The standard InChI is InChI=1S/C13H15N3O3/c1-2-19-11-5-3-4-10(8-11)13-14-9-16(15-13)7-6-12(17)18/h3-5,8-9H,2,6-7H2,1H3,(H,17,18). The zero-order valence-electron chi connectivity index (χ0n) is 10.6. The summed E-state index contributed by atoms with van der Waals surface area (Å²) in [6.07, 6.45) is 1.56. The molecule has 0 amide bonds. The van der Waals surface area contributed by atoms with Gasteiger partial charge in [-0.2, -0.15) is 5.10 Å². The highest BCUT2D eigenvalue weighted by molar-refractivity contribution is 5.66. The number of aliphatic carboxylic acids is 1. The Hall–Kier alpha value is -2.37. The van der Waals surface area contributed by atoms with Gasteiger partial charge in [-0.05, 0) is 19.1 Å². The van der Waals surface area contributed by atoms with Crippen molar-refractivity contribution in [1.29, 1.82) is 0 Å². The fraction of sp³-hybridized carbons (Fsp3) is 0.308. The van der Waals surface area contributed by atoms with E-state index in [1.165, 1.54) is 11.0 Å². The Balaban J connectivity index is 2.13. The van der Waals surface area contributed by atoms with E-state index in [1.54, 1.807) is 0 Å². The Labute approximate surface area is 110 Å². The van der Waals surface area contributed by atoms with E-state index >= 15 is 0 Å². The van der Waals surface area contributed by atoms with Crippen LogP contribution in [0.15, 0.2) is 30.6 Å². The number of aryl methyl sites for hydroxylation is 1. The van der Waals surface area contributed by atoms with Crippen molar-refractivity contribution in [1.82, 2.24) is 14.8 Å². The summed E-state index contributed by atoms with van der Waals surface area (Å²) in [5.74, 6) is 0.476. The molecule has 0 aliphatic rings. The van der Waals surface area contributed by atoms with Gasteiger partial charge in [0.1, 0.15) is 12.1 Å². The summed E-state index contributed by atoms with van der Waals surface area (Å²) in [5, 5.41) is 12.9. The second kappa shape index (κ2) is 5.99. The molecule has 0 fully saturated rings. The van der Waals surface area contributed by atoms with Crippen LogP contribution in [-0.4, -0.2) is 32.4 Å². The van der Waals surface area contributed by atoms with Gasteiger partial charge in [-0.3, -0.25) is 9.48 Å². The molecule has 1 N–H and O–H groups in total. The number of hydrogen-bond donors (Lipinski definition) is 1. The van der Waals surface area contributed by atoms with Crippen LogP contribution in [0.2, 0.25) is 0 Å². The number of carboxylic acid groups (broad SMARTS) is 1. The Kier molecular flexibility index (Phi) is 4.12. The summed E-state index contributed by atoms with van der Waals surface area (Å²) in [6, 6.07) is 7.49. The molecule has 6 nitrogen and oxygen atoms in total. The molecule has 0 aliphatic carbocycles. The van der Waals surface area contributed by atoms with Gasteiger partial charge < -0.3 is 9.84 Å². The van der Waals surface area contributed by atoms with Crippen molar-refractivity contribution in [2.75, 3.05) is 6.61 Å². The van der Waals surface area contributed by atoms with Crippen molar-refractivity contribution < 1.29 is 14.6 Å². The van der Waals surface area contributed by atoms with Crippen LogP contribution in [0.1, 0.15) is 13.3 Å². The van der Waals surface area contributed by atoms with Crippen LogP contribution in [-0.2, 0) is 11.3 Å². The van der Waals surface area contributed by atoms with Crippen molar-refractivity contribution in [2.24, 2.45) is 0 Å². The van der Waals surface area contributed by atoms with Crippen LogP contribution in [0.25, 0.3) is 11.4 Å². The molecule has 0 unspecified atom stereocenters. The normalized spacial score (nSPS) is 10.4. The molecule has 6 heteroatoms. The Morgan fingerprint density at radius 3 is 3.05 bits per heavy atom. The second-order valence-corrected chi connectivity index (χ2v) is 3.94. The predicted octanol–water partition coefficient (Wildman–Crippen LogP) is 1.82. The van der Waals surface area contributed by atoms with E-state index in [1.807, 2.05) is 31.2 Å². The minimum absolute atomic E-state index is 0.0295. The lowest BCUT2D eigenvalue weighted by atomic mass is 10.2. The Bertz CT molecular complexity index is 566. The first-order valence-electron chi connectivity index (χ1n) is 6.03. The van der Waals surface area contributed by atoms with Crippen LogP contribution in [0.3, 0.4) is 0 Å². The van der Waals surface area contributed by atoms with Crippen LogP contribution in [0.5, 0.6) is 5.75 Å². The number of carbonyl (C=O) groups is 1. The van der Waals surface area contributed by atoms with E-state index in [-0.39, 0.29) is 6.42 Å². The monoisotopic (exact) mass is 261 g/mol.